The number of carbonyl (C=O) groups is 1. The molecule has 0 saturated carbocycles. The van der Waals surface area contributed by atoms with Gasteiger partial charge in [-0.2, -0.15) is 0 Å². The summed E-state index contributed by atoms with van der Waals surface area (Å²) in [6.45, 7) is 3.83. The van der Waals surface area contributed by atoms with E-state index in [4.69, 9.17) is 9.57 Å². The molecule has 0 fully saturated rings. The van der Waals surface area contributed by atoms with Crippen LogP contribution in [0.5, 0.6) is 5.75 Å². The van der Waals surface area contributed by atoms with Crippen LogP contribution in [-0.2, 0) is 19.7 Å². The second kappa shape index (κ2) is 9.94. The topological polar surface area (TPSA) is 93.7 Å². The number of para-hydroxylation sites is 1. The smallest absolute Gasteiger partial charge is 0.247 e. The highest BCUT2D eigenvalue weighted by molar-refractivity contribution is 7.92. The van der Waals surface area contributed by atoms with Crippen LogP contribution in [-0.4, -0.2) is 33.3 Å². The number of sulfonamides is 1. The maximum Gasteiger partial charge on any atom is 0.247 e. The summed E-state index contributed by atoms with van der Waals surface area (Å²) < 4.78 is 32.2. The number of carbonyl (C=O) groups excluding carboxylic acids is 1. The highest BCUT2D eigenvalue weighted by atomic mass is 32.2. The van der Waals surface area contributed by atoms with Crippen LogP contribution >= 0.6 is 0 Å². The number of anilines is 1. The first-order valence-corrected chi connectivity index (χ1v) is 10.2. The van der Waals surface area contributed by atoms with Crippen LogP contribution in [0.3, 0.4) is 0 Å². The van der Waals surface area contributed by atoms with Crippen molar-refractivity contribution in [2.75, 3.05) is 23.7 Å². The van der Waals surface area contributed by atoms with Crippen molar-refractivity contribution in [2.24, 2.45) is 5.92 Å². The molecule has 2 rings (SSSR count). The van der Waals surface area contributed by atoms with Crippen LogP contribution in [0.2, 0.25) is 0 Å². The van der Waals surface area contributed by atoms with E-state index in [1.807, 2.05) is 37.3 Å². The summed E-state index contributed by atoms with van der Waals surface area (Å²) >= 11 is 0. The molecule has 0 bridgehead atoms. The first kappa shape index (κ1) is 20.7. The zero-order valence-electron chi connectivity index (χ0n) is 15.3. The maximum absolute atomic E-state index is 12.2. The average molecular weight is 392 g/mol. The molecule has 0 heterocycles. The van der Waals surface area contributed by atoms with Crippen LogP contribution in [0.25, 0.3) is 0 Å². The van der Waals surface area contributed by atoms with Crippen molar-refractivity contribution in [2.45, 2.75) is 13.8 Å². The maximum atomic E-state index is 12.2. The minimum absolute atomic E-state index is 0.141. The van der Waals surface area contributed by atoms with Crippen LogP contribution in [0, 0.1) is 12.8 Å². The molecule has 0 saturated heterocycles. The highest BCUT2D eigenvalue weighted by Crippen LogP contribution is 2.12. The Hall–Kier alpha value is -2.58. The van der Waals surface area contributed by atoms with Crippen molar-refractivity contribution in [3.63, 3.8) is 0 Å². The van der Waals surface area contributed by atoms with E-state index in [0.29, 0.717) is 11.4 Å². The van der Waals surface area contributed by atoms with Gasteiger partial charge in [0.1, 0.15) is 19.0 Å². The van der Waals surface area contributed by atoms with E-state index in [-0.39, 0.29) is 19.0 Å². The molecule has 2 aromatic rings. The minimum atomic E-state index is -3.65. The van der Waals surface area contributed by atoms with Gasteiger partial charge in [0, 0.05) is 5.69 Å². The van der Waals surface area contributed by atoms with Crippen molar-refractivity contribution in [3.8, 4) is 5.75 Å². The monoisotopic (exact) mass is 392 g/mol. The van der Waals surface area contributed by atoms with Gasteiger partial charge in [0.2, 0.25) is 15.9 Å². The van der Waals surface area contributed by atoms with Crippen LogP contribution in [0.15, 0.2) is 54.6 Å². The fraction of sp³-hybridized carbons (Fsp3) is 0.316. The molecule has 1 amide bonds. The normalized spacial score (nSPS) is 12.2. The van der Waals surface area contributed by atoms with Crippen LogP contribution in [0.1, 0.15) is 12.5 Å². The molecule has 0 aliphatic heterocycles. The second-order valence-corrected chi connectivity index (χ2v) is 7.89. The van der Waals surface area contributed by atoms with Crippen molar-refractivity contribution in [3.05, 3.63) is 60.2 Å². The Balaban J connectivity index is 1.70. The molecule has 0 aliphatic rings. The lowest BCUT2D eigenvalue weighted by Crippen LogP contribution is -2.35. The third-order valence-corrected chi connectivity index (χ3v) is 5.10. The standard InChI is InChI=1S/C19H24N2O5S/c1-15-8-10-17(11-9-15)21-27(23,24)14-16(2)19(22)20-26-13-12-25-18-6-4-3-5-7-18/h3-11,16,21H,12-14H2,1-2H3,(H,20,22). The molecule has 1 atom stereocenters. The number of aryl methyl sites for hydroxylation is 1. The van der Waals surface area contributed by atoms with Gasteiger partial charge in [-0.25, -0.2) is 13.9 Å². The first-order valence-electron chi connectivity index (χ1n) is 8.52. The Labute approximate surface area is 159 Å². The van der Waals surface area contributed by atoms with Gasteiger partial charge in [0.25, 0.3) is 0 Å². The van der Waals surface area contributed by atoms with Gasteiger partial charge >= 0.3 is 0 Å². The largest absolute Gasteiger partial charge is 0.491 e. The first-order chi connectivity index (χ1) is 12.9. The summed E-state index contributed by atoms with van der Waals surface area (Å²) in [4.78, 5) is 17.0. The SMILES string of the molecule is Cc1ccc(NS(=O)(=O)CC(C)C(=O)NOCCOc2ccccc2)cc1. The van der Waals surface area contributed by atoms with Crippen LogP contribution < -0.4 is 14.9 Å². The third kappa shape index (κ3) is 7.67. The van der Waals surface area contributed by atoms with Crippen LogP contribution in [0.4, 0.5) is 5.69 Å². The molecular formula is C19H24N2O5S. The second-order valence-electron chi connectivity index (χ2n) is 6.13. The number of nitrogens with one attached hydrogen (secondary N) is 2. The molecular weight excluding hydrogens is 368 g/mol. The number of ether oxygens (including phenoxy) is 1. The Morgan fingerprint density at radius 1 is 1.04 bits per heavy atom. The zero-order chi connectivity index (χ0) is 19.7. The molecule has 0 radical (unpaired) electrons. The Morgan fingerprint density at radius 3 is 2.37 bits per heavy atom. The van der Waals surface area contributed by atoms with E-state index in [1.54, 1.807) is 24.3 Å². The van der Waals surface area contributed by atoms with Gasteiger partial charge in [0.05, 0.1) is 11.7 Å². The molecule has 2 aromatic carbocycles. The van der Waals surface area contributed by atoms with Gasteiger partial charge < -0.3 is 4.74 Å². The van der Waals surface area contributed by atoms with E-state index in [0.717, 1.165) is 5.56 Å². The summed E-state index contributed by atoms with van der Waals surface area (Å²) in [5, 5.41) is 0. The number of hydroxylamine groups is 1. The van der Waals surface area contributed by atoms with E-state index in [9.17, 15) is 13.2 Å². The summed E-state index contributed by atoms with van der Waals surface area (Å²) in [6, 6.07) is 16.2. The quantitative estimate of drug-likeness (QED) is 0.479. The number of benzene rings is 2. The Morgan fingerprint density at radius 2 is 1.70 bits per heavy atom. The molecule has 0 aliphatic carbocycles. The molecule has 0 spiro atoms. The lowest BCUT2D eigenvalue weighted by atomic mass is 10.2. The van der Waals surface area contributed by atoms with Gasteiger partial charge in [0.15, 0.2) is 0 Å². The van der Waals surface area contributed by atoms with E-state index in [1.165, 1.54) is 6.92 Å². The van der Waals surface area contributed by atoms with Crippen molar-refractivity contribution in [1.29, 1.82) is 0 Å². The number of rotatable bonds is 10. The van der Waals surface area contributed by atoms with Crippen molar-refractivity contribution >= 4 is 21.6 Å². The van der Waals surface area contributed by atoms with E-state index in [2.05, 4.69) is 10.2 Å². The molecule has 2 N–H and O–H groups in total. The molecule has 7 nitrogen and oxygen atoms in total. The summed E-state index contributed by atoms with van der Waals surface area (Å²) in [6.07, 6.45) is 0. The molecule has 8 heteroatoms. The summed E-state index contributed by atoms with van der Waals surface area (Å²) in [5.74, 6) is -0.933. The molecule has 0 aromatic heterocycles. The number of hydrogen-bond acceptors (Lipinski definition) is 5. The summed E-state index contributed by atoms with van der Waals surface area (Å²) in [7, 11) is -3.65. The number of hydrogen-bond donors (Lipinski definition) is 2. The Kier molecular flexibility index (Phi) is 7.63. The summed E-state index contributed by atoms with van der Waals surface area (Å²) in [5.41, 5.74) is 3.74. The predicted molar refractivity (Wildman–Crippen MR) is 104 cm³/mol. The lowest BCUT2D eigenvalue weighted by Gasteiger charge is -2.14. The molecule has 27 heavy (non-hydrogen) atoms. The third-order valence-electron chi connectivity index (χ3n) is 3.61. The lowest BCUT2D eigenvalue weighted by molar-refractivity contribution is -0.137. The van der Waals surface area contributed by atoms with E-state index >= 15 is 0 Å². The predicted octanol–water partition coefficient (Wildman–Crippen LogP) is 2.50. The fourth-order valence-corrected chi connectivity index (χ4v) is 3.58. The van der Waals surface area contributed by atoms with Crippen molar-refractivity contribution in [1.82, 2.24) is 5.48 Å². The highest BCUT2D eigenvalue weighted by Gasteiger charge is 2.21. The van der Waals surface area contributed by atoms with Crippen molar-refractivity contribution < 1.29 is 22.8 Å². The molecule has 146 valence electrons. The molecule has 1 unspecified atom stereocenters. The van der Waals surface area contributed by atoms with Gasteiger partial charge in [-0.05, 0) is 31.2 Å². The van der Waals surface area contributed by atoms with E-state index < -0.39 is 21.8 Å². The minimum Gasteiger partial charge on any atom is -0.491 e. The zero-order valence-corrected chi connectivity index (χ0v) is 16.2. The van der Waals surface area contributed by atoms with Gasteiger partial charge in [-0.3, -0.25) is 14.4 Å². The average Bonchev–Trinajstić information content (AvgIpc) is 2.63. The van der Waals surface area contributed by atoms with Gasteiger partial charge in [-0.1, -0.05) is 42.8 Å². The Bertz CT molecular complexity index is 823. The fourth-order valence-electron chi connectivity index (χ4n) is 2.19. The van der Waals surface area contributed by atoms with Gasteiger partial charge in [-0.15, -0.1) is 0 Å². The number of amides is 1.